The van der Waals surface area contributed by atoms with Crippen LogP contribution in [0.4, 0.5) is 0 Å². The van der Waals surface area contributed by atoms with Gasteiger partial charge in [-0.2, -0.15) is 15.4 Å². The van der Waals surface area contributed by atoms with Gasteiger partial charge in [0.25, 0.3) is 0 Å². The summed E-state index contributed by atoms with van der Waals surface area (Å²) in [5.74, 6) is 1.05. The smallest absolute Gasteiger partial charge is 0.127 e. The largest absolute Gasteiger partial charge is 0.493 e. The molecule has 0 saturated carbocycles. The topological polar surface area (TPSA) is 62.8 Å². The van der Waals surface area contributed by atoms with E-state index in [1.807, 2.05) is 6.07 Å². The Morgan fingerprint density at radius 3 is 3.00 bits per heavy atom. The van der Waals surface area contributed by atoms with Crippen molar-refractivity contribution in [3.05, 3.63) is 51.5 Å². The fourth-order valence-electron chi connectivity index (χ4n) is 2.99. The summed E-state index contributed by atoms with van der Waals surface area (Å²) in [6.07, 6.45) is 2.18. The van der Waals surface area contributed by atoms with E-state index < -0.39 is 0 Å². The Kier molecular flexibility index (Phi) is 4.01. The van der Waals surface area contributed by atoms with Crippen molar-refractivity contribution in [3.63, 3.8) is 0 Å². The lowest BCUT2D eigenvalue weighted by molar-refractivity contribution is 0.284. The summed E-state index contributed by atoms with van der Waals surface area (Å²) in [6, 6.07) is 10.4. The Morgan fingerprint density at radius 1 is 1.13 bits per heavy atom. The summed E-state index contributed by atoms with van der Waals surface area (Å²) in [4.78, 5) is 0. The van der Waals surface area contributed by atoms with Crippen molar-refractivity contribution < 1.29 is 4.74 Å². The van der Waals surface area contributed by atoms with Crippen LogP contribution in [0.15, 0.2) is 34.8 Å². The number of hydrogen-bond donors (Lipinski definition) is 2. The molecular weight excluding hydrogens is 356 g/mol. The molecule has 3 aromatic rings. The second-order valence-corrected chi connectivity index (χ2v) is 6.67. The average Bonchev–Trinajstić information content (AvgIpc) is 3.02. The van der Waals surface area contributed by atoms with E-state index in [0.717, 1.165) is 53.8 Å². The van der Waals surface area contributed by atoms with Crippen LogP contribution < -0.4 is 10.1 Å². The van der Waals surface area contributed by atoms with Crippen LogP contribution in [0.5, 0.6) is 5.75 Å². The van der Waals surface area contributed by atoms with E-state index in [1.54, 1.807) is 0 Å². The van der Waals surface area contributed by atoms with Crippen LogP contribution in [0.3, 0.4) is 0 Å². The lowest BCUT2D eigenvalue weighted by Gasteiger charge is -2.21. The number of halogens is 1. The fraction of sp³-hybridized carbons (Fsp3) is 0.294. The normalized spacial score (nSPS) is 13.8. The van der Waals surface area contributed by atoms with Crippen LogP contribution in [-0.2, 0) is 19.5 Å². The highest BCUT2D eigenvalue weighted by atomic mass is 79.9. The van der Waals surface area contributed by atoms with Crippen LogP contribution in [0.1, 0.15) is 23.1 Å². The minimum atomic E-state index is 0.776. The molecule has 0 radical (unpaired) electrons. The van der Waals surface area contributed by atoms with E-state index in [4.69, 9.17) is 4.74 Å². The van der Waals surface area contributed by atoms with Gasteiger partial charge in [0.2, 0.25) is 0 Å². The number of nitrogens with one attached hydrogen (secondary N) is 2. The molecule has 1 aromatic heterocycles. The molecule has 2 N–H and O–H groups in total. The monoisotopic (exact) mass is 372 g/mol. The molecule has 0 unspecified atom stereocenters. The fourth-order valence-corrected chi connectivity index (χ4v) is 3.54. The molecule has 23 heavy (non-hydrogen) atoms. The molecule has 1 aliphatic heterocycles. The Labute approximate surface area is 142 Å². The molecule has 0 amide bonds. The molecule has 6 heteroatoms. The predicted molar refractivity (Wildman–Crippen MR) is 92.4 cm³/mol. The summed E-state index contributed by atoms with van der Waals surface area (Å²) < 4.78 is 6.99. The minimum Gasteiger partial charge on any atom is -0.493 e. The van der Waals surface area contributed by atoms with E-state index in [0.29, 0.717) is 0 Å². The highest BCUT2D eigenvalue weighted by Gasteiger charge is 2.15. The second-order valence-electron chi connectivity index (χ2n) is 5.76. The third-order valence-electron chi connectivity index (χ3n) is 4.07. The zero-order valence-corrected chi connectivity index (χ0v) is 14.2. The summed E-state index contributed by atoms with van der Waals surface area (Å²) in [6.45, 7) is 2.37. The van der Waals surface area contributed by atoms with Crippen molar-refractivity contribution in [2.75, 3.05) is 6.61 Å². The minimum absolute atomic E-state index is 0.776. The first-order valence-corrected chi connectivity index (χ1v) is 8.53. The Bertz CT molecular complexity index is 846. The Morgan fingerprint density at radius 2 is 2.04 bits per heavy atom. The van der Waals surface area contributed by atoms with Crippen molar-refractivity contribution in [2.45, 2.75) is 25.9 Å². The highest BCUT2D eigenvalue weighted by Crippen LogP contribution is 2.32. The van der Waals surface area contributed by atoms with Crippen molar-refractivity contribution in [1.82, 2.24) is 20.7 Å². The zero-order chi connectivity index (χ0) is 15.6. The first-order valence-electron chi connectivity index (χ1n) is 7.74. The first kappa shape index (κ1) is 14.7. The van der Waals surface area contributed by atoms with Gasteiger partial charge in [-0.1, -0.05) is 22.0 Å². The number of aromatic nitrogens is 3. The summed E-state index contributed by atoms with van der Waals surface area (Å²) >= 11 is 3.60. The molecule has 5 nitrogen and oxygen atoms in total. The number of fused-ring (bicyclic) bond motifs is 2. The first-order chi connectivity index (χ1) is 11.3. The number of aryl methyl sites for hydroxylation is 1. The van der Waals surface area contributed by atoms with Gasteiger partial charge in [0.1, 0.15) is 16.8 Å². The van der Waals surface area contributed by atoms with Gasteiger partial charge in [0.15, 0.2) is 0 Å². The zero-order valence-electron chi connectivity index (χ0n) is 12.6. The number of benzene rings is 2. The van der Waals surface area contributed by atoms with Gasteiger partial charge in [-0.3, -0.25) is 0 Å². The van der Waals surface area contributed by atoms with Crippen molar-refractivity contribution >= 4 is 27.0 Å². The number of aromatic amines is 1. The maximum Gasteiger partial charge on any atom is 0.127 e. The van der Waals surface area contributed by atoms with E-state index in [2.05, 4.69) is 60.9 Å². The number of H-pyrrole nitrogens is 1. The number of hydrogen-bond acceptors (Lipinski definition) is 4. The maximum absolute atomic E-state index is 5.88. The Balaban J connectivity index is 1.47. The standard InChI is InChI=1S/C17H17BrN4O/c18-14-7-12-2-1-5-23-17(12)13(8-14)10-19-9-11-3-4-15-16(6-11)21-22-20-15/h3-4,6-8,19H,1-2,5,9-10H2,(H,20,21,22). The van der Waals surface area contributed by atoms with E-state index in [9.17, 15) is 0 Å². The van der Waals surface area contributed by atoms with E-state index in [-0.39, 0.29) is 0 Å². The van der Waals surface area contributed by atoms with E-state index in [1.165, 1.54) is 16.7 Å². The molecule has 0 aliphatic carbocycles. The molecular formula is C17H17BrN4O. The van der Waals surface area contributed by atoms with Crippen molar-refractivity contribution in [3.8, 4) is 5.75 Å². The molecule has 0 bridgehead atoms. The highest BCUT2D eigenvalue weighted by molar-refractivity contribution is 9.10. The number of rotatable bonds is 4. The third kappa shape index (κ3) is 3.09. The van der Waals surface area contributed by atoms with Crippen LogP contribution >= 0.6 is 15.9 Å². The van der Waals surface area contributed by atoms with Gasteiger partial charge in [-0.25, -0.2) is 0 Å². The molecule has 0 atom stereocenters. The van der Waals surface area contributed by atoms with Gasteiger partial charge in [-0.05, 0) is 48.2 Å². The van der Waals surface area contributed by atoms with Crippen LogP contribution in [-0.4, -0.2) is 22.0 Å². The van der Waals surface area contributed by atoms with Crippen LogP contribution in [0.2, 0.25) is 0 Å². The molecule has 118 valence electrons. The molecule has 2 heterocycles. The van der Waals surface area contributed by atoms with Crippen LogP contribution in [0, 0.1) is 0 Å². The quantitative estimate of drug-likeness (QED) is 0.737. The van der Waals surface area contributed by atoms with Gasteiger partial charge in [0, 0.05) is 23.1 Å². The summed E-state index contributed by atoms with van der Waals surface area (Å²) in [5, 5.41) is 14.3. The number of nitrogens with zero attached hydrogens (tertiary/aromatic N) is 2. The van der Waals surface area contributed by atoms with Gasteiger partial charge < -0.3 is 10.1 Å². The summed E-state index contributed by atoms with van der Waals surface area (Å²) in [7, 11) is 0. The molecule has 1 aliphatic rings. The maximum atomic E-state index is 5.88. The molecule has 2 aromatic carbocycles. The van der Waals surface area contributed by atoms with Crippen molar-refractivity contribution in [1.29, 1.82) is 0 Å². The van der Waals surface area contributed by atoms with Crippen molar-refractivity contribution in [2.24, 2.45) is 0 Å². The molecule has 0 fully saturated rings. The van der Waals surface area contributed by atoms with E-state index >= 15 is 0 Å². The predicted octanol–water partition coefficient (Wildman–Crippen LogP) is 3.34. The molecule has 0 saturated heterocycles. The lowest BCUT2D eigenvalue weighted by Crippen LogP contribution is -2.16. The van der Waals surface area contributed by atoms with Crippen LogP contribution in [0.25, 0.3) is 11.0 Å². The lowest BCUT2D eigenvalue weighted by atomic mass is 10.0. The third-order valence-corrected chi connectivity index (χ3v) is 4.53. The van der Waals surface area contributed by atoms with Gasteiger partial charge in [-0.15, -0.1) is 0 Å². The SMILES string of the molecule is Brc1cc2c(c(CNCc3ccc4n[nH]nc4c3)c1)OCCC2. The Hall–Kier alpha value is -1.92. The van der Waals surface area contributed by atoms with Gasteiger partial charge >= 0.3 is 0 Å². The summed E-state index contributed by atoms with van der Waals surface area (Å²) in [5.41, 5.74) is 5.48. The molecule has 0 spiro atoms. The second kappa shape index (κ2) is 6.29. The average molecular weight is 373 g/mol. The van der Waals surface area contributed by atoms with Gasteiger partial charge in [0.05, 0.1) is 6.61 Å². The number of ether oxygens (including phenoxy) is 1. The molecule has 4 rings (SSSR count).